The van der Waals surface area contributed by atoms with E-state index in [1.54, 1.807) is 7.05 Å². The predicted molar refractivity (Wildman–Crippen MR) is 102 cm³/mol. The Labute approximate surface area is 150 Å². The first-order valence-electron chi connectivity index (χ1n) is 9.36. The van der Waals surface area contributed by atoms with Gasteiger partial charge in [0.05, 0.1) is 0 Å². The van der Waals surface area contributed by atoms with E-state index in [1.807, 2.05) is 7.05 Å². The Morgan fingerprint density at radius 1 is 1.28 bits per heavy atom. The van der Waals surface area contributed by atoms with Gasteiger partial charge in [-0.15, -0.1) is 0 Å². The Morgan fingerprint density at radius 3 is 2.64 bits per heavy atom. The standard InChI is InChI=1S/C20H30N4O/c1-14-6-4-5-7-16(14)17-13-18(17)23-20(22-3)24-10-8-15(9-11-24)12-19(25)21-2/h4-7,15,17-18H,8-13H2,1-3H3,(H,21,25)(H,22,23). The normalized spacial score (nSPS) is 24.1. The van der Waals surface area contributed by atoms with Crippen LogP contribution < -0.4 is 10.6 Å². The van der Waals surface area contributed by atoms with Crippen molar-refractivity contribution >= 4 is 11.9 Å². The number of rotatable bonds is 4. The Hall–Kier alpha value is -2.04. The van der Waals surface area contributed by atoms with E-state index in [1.165, 1.54) is 17.5 Å². The van der Waals surface area contributed by atoms with Crippen LogP contribution in [0.4, 0.5) is 0 Å². The molecule has 1 aromatic carbocycles. The van der Waals surface area contributed by atoms with Crippen molar-refractivity contribution in [3.63, 3.8) is 0 Å². The van der Waals surface area contributed by atoms with E-state index < -0.39 is 0 Å². The minimum atomic E-state index is 0.153. The first-order valence-corrected chi connectivity index (χ1v) is 9.36. The minimum Gasteiger partial charge on any atom is -0.359 e. The van der Waals surface area contributed by atoms with E-state index in [2.05, 4.69) is 51.7 Å². The lowest BCUT2D eigenvalue weighted by Crippen LogP contribution is -2.47. The van der Waals surface area contributed by atoms with Crippen LogP contribution in [0.1, 0.15) is 42.7 Å². The first kappa shape index (κ1) is 17.8. The summed E-state index contributed by atoms with van der Waals surface area (Å²) in [7, 11) is 3.58. The lowest BCUT2D eigenvalue weighted by atomic mass is 9.93. The molecule has 1 saturated carbocycles. The number of aryl methyl sites for hydroxylation is 1. The van der Waals surface area contributed by atoms with Crippen molar-refractivity contribution in [3.05, 3.63) is 35.4 Å². The third kappa shape index (κ3) is 4.33. The van der Waals surface area contributed by atoms with Gasteiger partial charge in [-0.1, -0.05) is 24.3 Å². The molecule has 5 heteroatoms. The van der Waals surface area contributed by atoms with Gasteiger partial charge >= 0.3 is 0 Å². The number of amides is 1. The average molecular weight is 342 g/mol. The molecule has 2 atom stereocenters. The van der Waals surface area contributed by atoms with Crippen LogP contribution in [0.3, 0.4) is 0 Å². The number of carbonyl (C=O) groups excluding carboxylic acids is 1. The molecule has 1 amide bonds. The van der Waals surface area contributed by atoms with Gasteiger partial charge in [-0.05, 0) is 43.2 Å². The van der Waals surface area contributed by atoms with Crippen molar-refractivity contribution < 1.29 is 4.79 Å². The molecule has 1 saturated heterocycles. The van der Waals surface area contributed by atoms with Gasteiger partial charge in [-0.3, -0.25) is 9.79 Å². The average Bonchev–Trinajstić information content (AvgIpc) is 3.39. The van der Waals surface area contributed by atoms with Crippen molar-refractivity contribution in [1.29, 1.82) is 0 Å². The van der Waals surface area contributed by atoms with Crippen LogP contribution in [0.25, 0.3) is 0 Å². The molecule has 2 N–H and O–H groups in total. The number of likely N-dealkylation sites (tertiary alicyclic amines) is 1. The molecule has 1 heterocycles. The van der Waals surface area contributed by atoms with Crippen LogP contribution in [0.15, 0.2) is 29.3 Å². The second kappa shape index (κ2) is 7.89. The number of carbonyl (C=O) groups is 1. The number of piperidine rings is 1. The van der Waals surface area contributed by atoms with Gasteiger partial charge in [-0.2, -0.15) is 0 Å². The molecule has 3 rings (SSSR count). The molecule has 1 aliphatic heterocycles. The number of nitrogens with zero attached hydrogens (tertiary/aromatic N) is 2. The predicted octanol–water partition coefficient (Wildman–Crippen LogP) is 2.27. The second-order valence-electron chi connectivity index (χ2n) is 7.30. The molecule has 2 aliphatic rings. The monoisotopic (exact) mass is 342 g/mol. The Kier molecular flexibility index (Phi) is 5.61. The quantitative estimate of drug-likeness (QED) is 0.652. The van der Waals surface area contributed by atoms with Gasteiger partial charge in [0.15, 0.2) is 5.96 Å². The molecule has 1 aliphatic carbocycles. The van der Waals surface area contributed by atoms with Crippen LogP contribution in [-0.4, -0.2) is 50.0 Å². The van der Waals surface area contributed by atoms with E-state index in [4.69, 9.17) is 0 Å². The third-order valence-electron chi connectivity index (χ3n) is 5.57. The van der Waals surface area contributed by atoms with E-state index in [0.29, 0.717) is 24.3 Å². The molecule has 2 unspecified atom stereocenters. The maximum Gasteiger partial charge on any atom is 0.220 e. The van der Waals surface area contributed by atoms with E-state index in [-0.39, 0.29) is 5.91 Å². The number of guanidine groups is 1. The fourth-order valence-corrected chi connectivity index (χ4v) is 3.88. The second-order valence-corrected chi connectivity index (χ2v) is 7.30. The number of hydrogen-bond acceptors (Lipinski definition) is 2. The summed E-state index contributed by atoms with van der Waals surface area (Å²) >= 11 is 0. The summed E-state index contributed by atoms with van der Waals surface area (Å²) in [4.78, 5) is 18.4. The third-order valence-corrected chi connectivity index (χ3v) is 5.57. The molecule has 0 radical (unpaired) electrons. The molecular weight excluding hydrogens is 312 g/mol. The SMILES string of the molecule is CN=C(NC1CC1c1ccccc1C)N1CCC(CC(=O)NC)CC1. The Balaban J connectivity index is 1.50. The zero-order valence-electron chi connectivity index (χ0n) is 15.6. The summed E-state index contributed by atoms with van der Waals surface area (Å²) in [6.07, 6.45) is 3.94. The largest absolute Gasteiger partial charge is 0.359 e. The van der Waals surface area contributed by atoms with Crippen LogP contribution in [0.5, 0.6) is 0 Å². The molecule has 136 valence electrons. The molecule has 1 aromatic rings. The molecular formula is C20H30N4O. The zero-order valence-corrected chi connectivity index (χ0v) is 15.6. The highest BCUT2D eigenvalue weighted by Gasteiger charge is 2.40. The van der Waals surface area contributed by atoms with Crippen LogP contribution in [0.2, 0.25) is 0 Å². The maximum atomic E-state index is 11.5. The highest BCUT2D eigenvalue weighted by molar-refractivity contribution is 5.81. The van der Waals surface area contributed by atoms with E-state index in [9.17, 15) is 4.79 Å². The Morgan fingerprint density at radius 2 is 2.00 bits per heavy atom. The molecule has 2 fully saturated rings. The van der Waals surface area contributed by atoms with Crippen molar-refractivity contribution in [2.45, 2.75) is 44.6 Å². The van der Waals surface area contributed by atoms with Gasteiger partial charge in [0.2, 0.25) is 5.91 Å². The zero-order chi connectivity index (χ0) is 17.8. The fourth-order valence-electron chi connectivity index (χ4n) is 3.88. The summed E-state index contributed by atoms with van der Waals surface area (Å²) in [5, 5.41) is 6.38. The molecule has 5 nitrogen and oxygen atoms in total. The van der Waals surface area contributed by atoms with Gasteiger partial charge in [0.1, 0.15) is 0 Å². The van der Waals surface area contributed by atoms with E-state index >= 15 is 0 Å². The van der Waals surface area contributed by atoms with Gasteiger partial charge in [0.25, 0.3) is 0 Å². The van der Waals surface area contributed by atoms with Crippen LogP contribution >= 0.6 is 0 Å². The van der Waals surface area contributed by atoms with Gasteiger partial charge in [0, 0.05) is 45.6 Å². The molecule has 0 spiro atoms. The summed E-state index contributed by atoms with van der Waals surface area (Å²) in [6, 6.07) is 9.16. The molecule has 0 aromatic heterocycles. The summed E-state index contributed by atoms with van der Waals surface area (Å²) < 4.78 is 0. The minimum absolute atomic E-state index is 0.153. The summed E-state index contributed by atoms with van der Waals surface area (Å²) in [6.45, 7) is 4.14. The summed E-state index contributed by atoms with van der Waals surface area (Å²) in [5.74, 6) is 2.26. The van der Waals surface area contributed by atoms with Crippen molar-refractivity contribution in [2.24, 2.45) is 10.9 Å². The smallest absolute Gasteiger partial charge is 0.220 e. The van der Waals surface area contributed by atoms with Crippen molar-refractivity contribution in [1.82, 2.24) is 15.5 Å². The maximum absolute atomic E-state index is 11.5. The number of nitrogens with one attached hydrogen (secondary N) is 2. The lowest BCUT2D eigenvalue weighted by molar-refractivity contribution is -0.121. The number of hydrogen-bond donors (Lipinski definition) is 2. The van der Waals surface area contributed by atoms with Crippen LogP contribution in [0, 0.1) is 12.8 Å². The summed E-state index contributed by atoms with van der Waals surface area (Å²) in [5.41, 5.74) is 2.83. The van der Waals surface area contributed by atoms with E-state index in [0.717, 1.165) is 31.9 Å². The first-order chi connectivity index (χ1) is 12.1. The number of aliphatic imine (C=N–C) groups is 1. The van der Waals surface area contributed by atoms with Gasteiger partial charge < -0.3 is 15.5 Å². The van der Waals surface area contributed by atoms with Crippen molar-refractivity contribution in [2.75, 3.05) is 27.2 Å². The Bertz CT molecular complexity index is 634. The van der Waals surface area contributed by atoms with Crippen LogP contribution in [-0.2, 0) is 4.79 Å². The highest BCUT2D eigenvalue weighted by Crippen LogP contribution is 2.42. The fraction of sp³-hybridized carbons (Fsp3) is 0.600. The topological polar surface area (TPSA) is 56.7 Å². The lowest BCUT2D eigenvalue weighted by Gasteiger charge is -2.34. The number of benzene rings is 1. The van der Waals surface area contributed by atoms with Gasteiger partial charge in [-0.25, -0.2) is 0 Å². The highest BCUT2D eigenvalue weighted by atomic mass is 16.1. The molecule has 25 heavy (non-hydrogen) atoms. The molecule has 0 bridgehead atoms. The van der Waals surface area contributed by atoms with Crippen molar-refractivity contribution in [3.8, 4) is 0 Å².